The lowest BCUT2D eigenvalue weighted by atomic mass is 10.1. The van der Waals surface area contributed by atoms with Gasteiger partial charge in [0.25, 0.3) is 0 Å². The second-order valence-electron chi connectivity index (χ2n) is 5.39. The number of benzene rings is 1. The van der Waals surface area contributed by atoms with Crippen molar-refractivity contribution in [2.75, 3.05) is 19.4 Å². The van der Waals surface area contributed by atoms with Crippen LogP contribution in [0.15, 0.2) is 18.2 Å². The molecule has 0 spiro atoms. The highest BCUT2D eigenvalue weighted by molar-refractivity contribution is 7.99. The zero-order valence-electron chi connectivity index (χ0n) is 13.3. The van der Waals surface area contributed by atoms with Gasteiger partial charge in [-0.25, -0.2) is 4.79 Å². The van der Waals surface area contributed by atoms with E-state index < -0.39 is 0 Å². The first kappa shape index (κ1) is 17.9. The Balaban J connectivity index is 2.36. The van der Waals surface area contributed by atoms with E-state index in [1.807, 2.05) is 13.2 Å². The first-order valence-electron chi connectivity index (χ1n) is 7.21. The zero-order chi connectivity index (χ0) is 15.8. The maximum absolute atomic E-state index is 11.8. The van der Waals surface area contributed by atoms with Gasteiger partial charge in [0, 0.05) is 17.8 Å². The molecule has 0 heterocycles. The molecule has 0 aliphatic rings. The number of urea groups is 1. The van der Waals surface area contributed by atoms with Crippen LogP contribution in [0.1, 0.15) is 23.6 Å². The summed E-state index contributed by atoms with van der Waals surface area (Å²) >= 11 is 1.55. The number of aliphatic hydroxyl groups is 1. The van der Waals surface area contributed by atoms with Crippen molar-refractivity contribution < 1.29 is 9.90 Å². The van der Waals surface area contributed by atoms with E-state index >= 15 is 0 Å². The van der Waals surface area contributed by atoms with Gasteiger partial charge < -0.3 is 15.7 Å². The predicted molar refractivity (Wildman–Crippen MR) is 90.0 cm³/mol. The van der Waals surface area contributed by atoms with Crippen molar-refractivity contribution in [1.29, 1.82) is 0 Å². The Morgan fingerprint density at radius 3 is 2.43 bits per heavy atom. The molecule has 21 heavy (non-hydrogen) atoms. The highest BCUT2D eigenvalue weighted by Gasteiger charge is 2.16. The fourth-order valence-corrected chi connectivity index (χ4v) is 2.95. The number of nitrogens with one attached hydrogen (secondary N) is 2. The van der Waals surface area contributed by atoms with Crippen LogP contribution in [0.3, 0.4) is 0 Å². The molecule has 5 heteroatoms. The molecule has 0 aliphatic carbocycles. The average molecular weight is 310 g/mol. The van der Waals surface area contributed by atoms with Gasteiger partial charge in [0.1, 0.15) is 0 Å². The van der Waals surface area contributed by atoms with E-state index in [1.54, 1.807) is 11.8 Å². The van der Waals surface area contributed by atoms with Crippen molar-refractivity contribution in [1.82, 2.24) is 10.6 Å². The Labute approximate surface area is 131 Å². The van der Waals surface area contributed by atoms with E-state index in [0.29, 0.717) is 6.54 Å². The first-order chi connectivity index (χ1) is 9.96. The third kappa shape index (κ3) is 6.40. The van der Waals surface area contributed by atoms with E-state index in [9.17, 15) is 9.90 Å². The molecule has 4 nitrogen and oxygen atoms in total. The third-order valence-electron chi connectivity index (χ3n) is 3.38. The zero-order valence-corrected chi connectivity index (χ0v) is 14.1. The van der Waals surface area contributed by atoms with Gasteiger partial charge in [0.15, 0.2) is 0 Å². The van der Waals surface area contributed by atoms with Crippen LogP contribution in [0.4, 0.5) is 4.79 Å². The Hall–Kier alpha value is -1.20. The van der Waals surface area contributed by atoms with Crippen molar-refractivity contribution in [3.8, 4) is 0 Å². The topological polar surface area (TPSA) is 61.4 Å². The largest absolute Gasteiger partial charge is 0.395 e. The van der Waals surface area contributed by atoms with Gasteiger partial charge >= 0.3 is 6.03 Å². The van der Waals surface area contributed by atoms with Gasteiger partial charge in [0.05, 0.1) is 6.61 Å². The molecule has 1 aromatic rings. The lowest BCUT2D eigenvalue weighted by Crippen LogP contribution is -2.46. The Morgan fingerprint density at radius 2 is 1.90 bits per heavy atom. The molecule has 118 valence electrons. The molecule has 0 saturated heterocycles. The van der Waals surface area contributed by atoms with Gasteiger partial charge in [0.2, 0.25) is 0 Å². The second-order valence-corrected chi connectivity index (χ2v) is 6.47. The molecule has 0 aromatic heterocycles. The molecule has 2 amide bonds. The standard InChI is InChI=1S/C16H26N2O2S/c1-11-7-12(2)9-14(8-11)5-6-17-16(20)18-13(3)15(10-19)21-4/h7-9,13,15,19H,5-6,10H2,1-4H3,(H2,17,18,20). The molecule has 3 N–H and O–H groups in total. The molecule has 0 saturated carbocycles. The molecule has 2 unspecified atom stereocenters. The molecular formula is C16H26N2O2S. The van der Waals surface area contributed by atoms with Gasteiger partial charge in [-0.05, 0) is 39.0 Å². The number of thioether (sulfide) groups is 1. The first-order valence-corrected chi connectivity index (χ1v) is 8.50. The van der Waals surface area contributed by atoms with Gasteiger partial charge in [-0.2, -0.15) is 11.8 Å². The predicted octanol–water partition coefficient (Wildman–Crippen LogP) is 2.26. The van der Waals surface area contributed by atoms with Crippen molar-refractivity contribution >= 4 is 17.8 Å². The Kier molecular flexibility index (Phi) is 7.61. The normalized spacial score (nSPS) is 13.6. The molecule has 0 radical (unpaired) electrons. The van der Waals surface area contributed by atoms with Crippen molar-refractivity contribution in [3.05, 3.63) is 34.9 Å². The number of carbonyl (C=O) groups excluding carboxylic acids is 1. The van der Waals surface area contributed by atoms with E-state index in [0.717, 1.165) is 6.42 Å². The molecule has 0 fully saturated rings. The summed E-state index contributed by atoms with van der Waals surface area (Å²) in [5.41, 5.74) is 3.72. The van der Waals surface area contributed by atoms with Gasteiger partial charge in [-0.1, -0.05) is 29.3 Å². The molecule has 1 aromatic carbocycles. The molecule has 0 bridgehead atoms. The number of hydrogen-bond acceptors (Lipinski definition) is 3. The quantitative estimate of drug-likeness (QED) is 0.724. The monoisotopic (exact) mass is 310 g/mol. The Bertz CT molecular complexity index is 441. The van der Waals surface area contributed by atoms with Gasteiger partial charge in [-0.3, -0.25) is 0 Å². The van der Waals surface area contributed by atoms with Crippen LogP contribution in [0.5, 0.6) is 0 Å². The highest BCUT2D eigenvalue weighted by atomic mass is 32.2. The van der Waals surface area contributed by atoms with Gasteiger partial charge in [-0.15, -0.1) is 0 Å². The maximum Gasteiger partial charge on any atom is 0.315 e. The number of aliphatic hydroxyl groups excluding tert-OH is 1. The smallest absolute Gasteiger partial charge is 0.315 e. The highest BCUT2D eigenvalue weighted by Crippen LogP contribution is 2.10. The summed E-state index contributed by atoms with van der Waals surface area (Å²) in [5.74, 6) is 0. The molecule has 0 aliphatic heterocycles. The SMILES string of the molecule is CSC(CO)C(C)NC(=O)NCCc1cc(C)cc(C)c1. The summed E-state index contributed by atoms with van der Waals surface area (Å²) in [6.45, 7) is 6.72. The van der Waals surface area contributed by atoms with Crippen molar-refractivity contribution in [2.24, 2.45) is 0 Å². The van der Waals surface area contributed by atoms with Crippen LogP contribution in [-0.4, -0.2) is 41.8 Å². The number of carbonyl (C=O) groups is 1. The Morgan fingerprint density at radius 1 is 1.29 bits per heavy atom. The van der Waals surface area contributed by atoms with Crippen molar-refractivity contribution in [3.63, 3.8) is 0 Å². The lowest BCUT2D eigenvalue weighted by Gasteiger charge is -2.21. The number of hydrogen-bond donors (Lipinski definition) is 3. The average Bonchev–Trinajstić information content (AvgIpc) is 2.38. The number of amides is 2. The van der Waals surface area contributed by atoms with Crippen LogP contribution in [0, 0.1) is 13.8 Å². The molecule has 1 rings (SSSR count). The van der Waals surface area contributed by atoms with Crippen LogP contribution in [0.25, 0.3) is 0 Å². The lowest BCUT2D eigenvalue weighted by molar-refractivity contribution is 0.232. The third-order valence-corrected chi connectivity index (χ3v) is 4.54. The summed E-state index contributed by atoms with van der Waals surface area (Å²) in [5, 5.41) is 14.9. The fraction of sp³-hybridized carbons (Fsp3) is 0.562. The summed E-state index contributed by atoms with van der Waals surface area (Å²) in [6.07, 6.45) is 2.74. The van der Waals surface area contributed by atoms with Crippen LogP contribution in [0.2, 0.25) is 0 Å². The minimum atomic E-state index is -0.181. The van der Waals surface area contributed by atoms with E-state index in [2.05, 4.69) is 42.7 Å². The minimum absolute atomic E-state index is 0.0233. The van der Waals surface area contributed by atoms with E-state index in [4.69, 9.17) is 0 Å². The number of rotatable bonds is 7. The summed E-state index contributed by atoms with van der Waals surface area (Å²) in [4.78, 5) is 11.8. The fourth-order valence-electron chi connectivity index (χ4n) is 2.32. The second kappa shape index (κ2) is 8.95. The van der Waals surface area contributed by atoms with E-state index in [-0.39, 0.29) is 23.9 Å². The summed E-state index contributed by atoms with van der Waals surface area (Å²) in [7, 11) is 0. The van der Waals surface area contributed by atoms with Crippen LogP contribution < -0.4 is 10.6 Å². The number of aryl methyl sites for hydroxylation is 2. The summed E-state index contributed by atoms with van der Waals surface area (Å²) < 4.78 is 0. The van der Waals surface area contributed by atoms with E-state index in [1.165, 1.54) is 16.7 Å². The molecule has 2 atom stereocenters. The van der Waals surface area contributed by atoms with Crippen LogP contribution >= 0.6 is 11.8 Å². The summed E-state index contributed by atoms with van der Waals surface area (Å²) in [6, 6.07) is 6.18. The van der Waals surface area contributed by atoms with Crippen LogP contribution in [-0.2, 0) is 6.42 Å². The minimum Gasteiger partial charge on any atom is -0.395 e. The molecular weight excluding hydrogens is 284 g/mol. The van der Waals surface area contributed by atoms with Crippen molar-refractivity contribution in [2.45, 2.75) is 38.5 Å². The maximum atomic E-state index is 11.8.